The fourth-order valence-electron chi connectivity index (χ4n) is 2.27. The number of rotatable bonds is 5. The van der Waals surface area contributed by atoms with E-state index in [4.69, 9.17) is 9.47 Å². The van der Waals surface area contributed by atoms with Crippen molar-refractivity contribution in [2.75, 3.05) is 20.3 Å². The third-order valence-electron chi connectivity index (χ3n) is 3.09. The molecule has 1 fully saturated rings. The van der Waals surface area contributed by atoms with E-state index in [-0.39, 0.29) is 12.1 Å². The highest BCUT2D eigenvalue weighted by Gasteiger charge is 2.27. The van der Waals surface area contributed by atoms with E-state index >= 15 is 0 Å². The van der Waals surface area contributed by atoms with Gasteiger partial charge in [0.05, 0.1) is 25.5 Å². The molecule has 2 unspecified atom stereocenters. The molecule has 1 aliphatic heterocycles. The minimum atomic E-state index is 0.213. The van der Waals surface area contributed by atoms with Gasteiger partial charge in [-0.3, -0.25) is 4.98 Å². The van der Waals surface area contributed by atoms with Crippen molar-refractivity contribution in [3.05, 3.63) is 24.0 Å². The van der Waals surface area contributed by atoms with E-state index in [1.165, 1.54) is 0 Å². The number of methoxy groups -OCH3 is 1. The van der Waals surface area contributed by atoms with E-state index in [0.717, 1.165) is 37.3 Å². The van der Waals surface area contributed by atoms with Crippen LogP contribution in [-0.2, 0) is 4.74 Å². The zero-order chi connectivity index (χ0) is 12.1. The number of hydrogen-bond acceptors (Lipinski definition) is 4. The lowest BCUT2D eigenvalue weighted by atomic mass is 10.0. The lowest BCUT2D eigenvalue weighted by Gasteiger charge is -2.24. The summed E-state index contributed by atoms with van der Waals surface area (Å²) in [6.07, 6.45) is 6.11. The molecule has 94 valence electrons. The minimum absolute atomic E-state index is 0.213. The highest BCUT2D eigenvalue weighted by atomic mass is 16.5. The van der Waals surface area contributed by atoms with Gasteiger partial charge in [-0.05, 0) is 31.0 Å². The maximum atomic E-state index is 5.76. The van der Waals surface area contributed by atoms with Gasteiger partial charge in [-0.2, -0.15) is 0 Å². The summed E-state index contributed by atoms with van der Waals surface area (Å²) in [5.74, 6) is 0.795. The first-order valence-corrected chi connectivity index (χ1v) is 6.19. The molecule has 0 spiro atoms. The Morgan fingerprint density at radius 2 is 2.47 bits per heavy atom. The van der Waals surface area contributed by atoms with Gasteiger partial charge in [0.2, 0.25) is 0 Å². The first kappa shape index (κ1) is 12.3. The van der Waals surface area contributed by atoms with Crippen LogP contribution in [0.5, 0.6) is 5.75 Å². The van der Waals surface area contributed by atoms with Gasteiger partial charge in [-0.1, -0.05) is 6.92 Å². The summed E-state index contributed by atoms with van der Waals surface area (Å²) in [7, 11) is 1.66. The highest BCUT2D eigenvalue weighted by Crippen LogP contribution is 2.28. The van der Waals surface area contributed by atoms with Crippen molar-refractivity contribution < 1.29 is 9.47 Å². The monoisotopic (exact) mass is 236 g/mol. The van der Waals surface area contributed by atoms with Gasteiger partial charge in [0.1, 0.15) is 5.75 Å². The molecule has 1 saturated heterocycles. The maximum absolute atomic E-state index is 5.76. The number of nitrogens with one attached hydrogen (secondary N) is 1. The van der Waals surface area contributed by atoms with Crippen LogP contribution in [0, 0.1) is 0 Å². The number of aromatic nitrogens is 1. The minimum Gasteiger partial charge on any atom is -0.495 e. The van der Waals surface area contributed by atoms with E-state index in [1.54, 1.807) is 13.3 Å². The van der Waals surface area contributed by atoms with E-state index in [1.807, 2.05) is 12.3 Å². The Labute approximate surface area is 102 Å². The molecule has 1 aromatic rings. The van der Waals surface area contributed by atoms with Crippen molar-refractivity contribution in [3.63, 3.8) is 0 Å². The fraction of sp³-hybridized carbons (Fsp3) is 0.615. The summed E-state index contributed by atoms with van der Waals surface area (Å²) in [6.45, 7) is 3.89. The second-order valence-electron chi connectivity index (χ2n) is 4.24. The van der Waals surface area contributed by atoms with Crippen LogP contribution in [0.4, 0.5) is 0 Å². The Bertz CT molecular complexity index is 351. The summed E-state index contributed by atoms with van der Waals surface area (Å²) in [4.78, 5) is 4.21. The summed E-state index contributed by atoms with van der Waals surface area (Å²) < 4.78 is 11.0. The smallest absolute Gasteiger partial charge is 0.137 e. The molecule has 0 aliphatic carbocycles. The van der Waals surface area contributed by atoms with Crippen LogP contribution < -0.4 is 10.1 Å². The Morgan fingerprint density at radius 1 is 1.59 bits per heavy atom. The van der Waals surface area contributed by atoms with Crippen LogP contribution in [0.15, 0.2) is 18.5 Å². The molecule has 0 bridgehead atoms. The molecule has 17 heavy (non-hydrogen) atoms. The van der Waals surface area contributed by atoms with E-state index < -0.39 is 0 Å². The molecule has 4 heteroatoms. The van der Waals surface area contributed by atoms with Crippen molar-refractivity contribution >= 4 is 0 Å². The zero-order valence-corrected chi connectivity index (χ0v) is 10.5. The van der Waals surface area contributed by atoms with Crippen molar-refractivity contribution in [3.8, 4) is 5.75 Å². The molecular weight excluding hydrogens is 216 g/mol. The average molecular weight is 236 g/mol. The van der Waals surface area contributed by atoms with E-state index in [2.05, 4.69) is 17.2 Å². The van der Waals surface area contributed by atoms with Gasteiger partial charge in [-0.15, -0.1) is 0 Å². The third-order valence-corrected chi connectivity index (χ3v) is 3.09. The van der Waals surface area contributed by atoms with Crippen LogP contribution in [0.25, 0.3) is 0 Å². The normalized spacial score (nSPS) is 21.4. The SMILES string of the molecule is CCNC(c1cncc(OC)c1)C1CCCO1. The van der Waals surface area contributed by atoms with Crippen LogP contribution in [0.3, 0.4) is 0 Å². The summed E-state index contributed by atoms with van der Waals surface area (Å²) >= 11 is 0. The number of hydrogen-bond donors (Lipinski definition) is 1. The number of pyridine rings is 1. The standard InChI is InChI=1S/C13H20N2O2/c1-3-15-13(12-5-4-6-17-12)10-7-11(16-2)9-14-8-10/h7-9,12-13,15H,3-6H2,1-2H3. The van der Waals surface area contributed by atoms with Crippen molar-refractivity contribution in [2.45, 2.75) is 31.9 Å². The zero-order valence-electron chi connectivity index (χ0n) is 10.5. The summed E-state index contributed by atoms with van der Waals surface area (Å²) in [5.41, 5.74) is 1.14. The molecule has 2 heterocycles. The third kappa shape index (κ3) is 2.96. The highest BCUT2D eigenvalue weighted by molar-refractivity contribution is 5.26. The first-order chi connectivity index (χ1) is 8.35. The van der Waals surface area contributed by atoms with E-state index in [0.29, 0.717) is 0 Å². The predicted octanol–water partition coefficient (Wildman–Crippen LogP) is 1.92. The molecule has 2 rings (SSSR count). The maximum Gasteiger partial charge on any atom is 0.137 e. The summed E-state index contributed by atoms with van der Waals surface area (Å²) in [5, 5.41) is 3.47. The number of ether oxygens (including phenoxy) is 2. The average Bonchev–Trinajstić information content (AvgIpc) is 2.89. The molecule has 1 N–H and O–H groups in total. The van der Waals surface area contributed by atoms with E-state index in [9.17, 15) is 0 Å². The quantitative estimate of drug-likeness (QED) is 0.848. The van der Waals surface area contributed by atoms with Crippen molar-refractivity contribution in [2.24, 2.45) is 0 Å². The Kier molecular flexibility index (Phi) is 4.34. The molecule has 0 saturated carbocycles. The van der Waals surface area contributed by atoms with Crippen molar-refractivity contribution in [1.82, 2.24) is 10.3 Å². The van der Waals surface area contributed by atoms with Crippen LogP contribution in [0.2, 0.25) is 0 Å². The molecule has 1 aliphatic rings. The van der Waals surface area contributed by atoms with Crippen LogP contribution >= 0.6 is 0 Å². The molecule has 0 aromatic carbocycles. The fourth-order valence-corrected chi connectivity index (χ4v) is 2.27. The van der Waals surface area contributed by atoms with Gasteiger partial charge < -0.3 is 14.8 Å². The molecule has 2 atom stereocenters. The van der Waals surface area contributed by atoms with Gasteiger partial charge in [0.15, 0.2) is 0 Å². The lowest BCUT2D eigenvalue weighted by molar-refractivity contribution is 0.0786. The Balaban J connectivity index is 2.18. The van der Waals surface area contributed by atoms with Gasteiger partial charge in [0.25, 0.3) is 0 Å². The molecule has 4 nitrogen and oxygen atoms in total. The number of likely N-dealkylation sites (N-methyl/N-ethyl adjacent to an activating group) is 1. The first-order valence-electron chi connectivity index (χ1n) is 6.19. The Hall–Kier alpha value is -1.13. The topological polar surface area (TPSA) is 43.4 Å². The van der Waals surface area contributed by atoms with Crippen LogP contribution in [-0.4, -0.2) is 31.3 Å². The second-order valence-corrected chi connectivity index (χ2v) is 4.24. The van der Waals surface area contributed by atoms with Gasteiger partial charge in [0, 0.05) is 12.8 Å². The Morgan fingerprint density at radius 3 is 3.12 bits per heavy atom. The second kappa shape index (κ2) is 5.98. The summed E-state index contributed by atoms with van der Waals surface area (Å²) in [6, 6.07) is 2.24. The molecule has 0 amide bonds. The molecule has 1 aromatic heterocycles. The van der Waals surface area contributed by atoms with Gasteiger partial charge >= 0.3 is 0 Å². The predicted molar refractivity (Wildman–Crippen MR) is 66.2 cm³/mol. The lowest BCUT2D eigenvalue weighted by Crippen LogP contribution is -2.31. The van der Waals surface area contributed by atoms with Crippen molar-refractivity contribution in [1.29, 1.82) is 0 Å². The van der Waals surface area contributed by atoms with Crippen LogP contribution in [0.1, 0.15) is 31.4 Å². The molecule has 0 radical (unpaired) electrons. The van der Waals surface area contributed by atoms with Gasteiger partial charge in [-0.25, -0.2) is 0 Å². The largest absolute Gasteiger partial charge is 0.495 e. The number of nitrogens with zero attached hydrogens (tertiary/aromatic N) is 1. The molecular formula is C13H20N2O2.